The lowest BCUT2D eigenvalue weighted by molar-refractivity contribution is -0.128. The predicted octanol–water partition coefficient (Wildman–Crippen LogP) is 2.01. The van der Waals surface area contributed by atoms with Crippen molar-refractivity contribution in [1.29, 1.82) is 0 Å². The van der Waals surface area contributed by atoms with Gasteiger partial charge < -0.3 is 20.1 Å². The fraction of sp³-hybridized carbons (Fsp3) is 0.455. The fourth-order valence-electron chi connectivity index (χ4n) is 5.09. The second-order valence-electron chi connectivity index (χ2n) is 8.07. The lowest BCUT2D eigenvalue weighted by atomic mass is 10.0. The van der Waals surface area contributed by atoms with E-state index in [4.69, 9.17) is 4.74 Å². The van der Waals surface area contributed by atoms with Crippen molar-refractivity contribution in [2.45, 2.75) is 44.0 Å². The van der Waals surface area contributed by atoms with E-state index in [9.17, 15) is 14.7 Å². The smallest absolute Gasteiger partial charge is 0.259 e. The highest BCUT2D eigenvalue weighted by Crippen LogP contribution is 2.44. The molecular weight excluding hydrogens is 370 g/mol. The molecule has 152 valence electrons. The van der Waals surface area contributed by atoms with Gasteiger partial charge in [0.05, 0.1) is 23.9 Å². The lowest BCUT2D eigenvalue weighted by Gasteiger charge is -2.33. The van der Waals surface area contributed by atoms with Gasteiger partial charge in [0, 0.05) is 30.1 Å². The third-order valence-corrected chi connectivity index (χ3v) is 6.39. The zero-order chi connectivity index (χ0) is 20.1. The highest BCUT2D eigenvalue weighted by Gasteiger charge is 2.41. The average molecular weight is 395 g/mol. The summed E-state index contributed by atoms with van der Waals surface area (Å²) in [5.41, 5.74) is 2.53. The summed E-state index contributed by atoms with van der Waals surface area (Å²) in [6.45, 7) is 1.64. The number of benzene rings is 2. The standard InChI is InChI=1S/C22H25N3O4/c1-29-12-13-4-3-11-24(13)16-8-7-15-20-14(16)5-2-6-17(20)25(22(15)28)18-9-10-19(26)23-21(18)27/h2,5-8,13,18-19,26H,3-4,9-12H2,1H3,(H,23,27)/t13-,18?,19?/m1/s1. The van der Waals surface area contributed by atoms with Crippen LogP contribution >= 0.6 is 0 Å². The van der Waals surface area contributed by atoms with Gasteiger partial charge in [0.2, 0.25) is 5.91 Å². The number of hydrogen-bond donors (Lipinski definition) is 2. The molecule has 0 aliphatic carbocycles. The first-order valence-corrected chi connectivity index (χ1v) is 10.2. The number of nitrogens with zero attached hydrogens (tertiary/aromatic N) is 2. The van der Waals surface area contributed by atoms with Gasteiger partial charge in [0.1, 0.15) is 12.3 Å². The molecule has 3 heterocycles. The van der Waals surface area contributed by atoms with Crippen LogP contribution in [0.25, 0.3) is 10.8 Å². The third kappa shape index (κ3) is 2.80. The quantitative estimate of drug-likeness (QED) is 0.828. The van der Waals surface area contributed by atoms with E-state index in [0.29, 0.717) is 31.1 Å². The molecule has 0 radical (unpaired) electrons. The minimum absolute atomic E-state index is 0.144. The van der Waals surface area contributed by atoms with Crippen LogP contribution in [0.5, 0.6) is 0 Å². The molecule has 3 aliphatic heterocycles. The highest BCUT2D eigenvalue weighted by molar-refractivity contribution is 6.28. The first-order chi connectivity index (χ1) is 14.1. The number of rotatable bonds is 4. The molecule has 3 atom stereocenters. The van der Waals surface area contributed by atoms with Crippen LogP contribution in [-0.4, -0.2) is 55.5 Å². The largest absolute Gasteiger partial charge is 0.383 e. The molecule has 2 fully saturated rings. The van der Waals surface area contributed by atoms with E-state index in [1.165, 1.54) is 0 Å². The van der Waals surface area contributed by atoms with Gasteiger partial charge >= 0.3 is 0 Å². The summed E-state index contributed by atoms with van der Waals surface area (Å²) in [7, 11) is 1.73. The zero-order valence-corrected chi connectivity index (χ0v) is 16.4. The predicted molar refractivity (Wildman–Crippen MR) is 110 cm³/mol. The van der Waals surface area contributed by atoms with Gasteiger partial charge in [-0.25, -0.2) is 0 Å². The van der Waals surface area contributed by atoms with Crippen molar-refractivity contribution in [3.05, 3.63) is 35.9 Å². The van der Waals surface area contributed by atoms with Gasteiger partial charge in [-0.2, -0.15) is 0 Å². The molecule has 2 saturated heterocycles. The maximum Gasteiger partial charge on any atom is 0.259 e. The van der Waals surface area contributed by atoms with Crippen LogP contribution in [0.1, 0.15) is 36.0 Å². The Balaban J connectivity index is 1.59. The number of anilines is 2. The Hall–Kier alpha value is -2.64. The van der Waals surface area contributed by atoms with Crippen LogP contribution in [0.4, 0.5) is 11.4 Å². The Morgan fingerprint density at radius 2 is 2.00 bits per heavy atom. The molecule has 2 N–H and O–H groups in total. The van der Waals surface area contributed by atoms with Crippen molar-refractivity contribution in [1.82, 2.24) is 5.32 Å². The second-order valence-corrected chi connectivity index (χ2v) is 8.07. The summed E-state index contributed by atoms with van der Waals surface area (Å²) >= 11 is 0. The van der Waals surface area contributed by atoms with Crippen molar-refractivity contribution in [2.24, 2.45) is 0 Å². The topological polar surface area (TPSA) is 82.1 Å². The third-order valence-electron chi connectivity index (χ3n) is 6.39. The van der Waals surface area contributed by atoms with Gasteiger partial charge in [-0.15, -0.1) is 0 Å². The highest BCUT2D eigenvalue weighted by atomic mass is 16.5. The van der Waals surface area contributed by atoms with Gasteiger partial charge in [0.15, 0.2) is 0 Å². The number of ether oxygens (including phenoxy) is 1. The molecule has 2 amide bonds. The van der Waals surface area contributed by atoms with E-state index in [2.05, 4.69) is 16.3 Å². The summed E-state index contributed by atoms with van der Waals surface area (Å²) in [4.78, 5) is 29.8. The summed E-state index contributed by atoms with van der Waals surface area (Å²) in [6.07, 6.45) is 2.25. The molecule has 29 heavy (non-hydrogen) atoms. The number of nitrogens with one attached hydrogen (secondary N) is 1. The molecule has 0 spiro atoms. The Kier molecular flexibility index (Phi) is 4.44. The maximum atomic E-state index is 13.3. The SMILES string of the molecule is COC[C@H]1CCCN1c1ccc2c3c(cccc13)N(C1CCC(O)NC1=O)C2=O. The van der Waals surface area contributed by atoms with Crippen molar-refractivity contribution >= 4 is 34.0 Å². The Morgan fingerprint density at radius 1 is 1.14 bits per heavy atom. The zero-order valence-electron chi connectivity index (χ0n) is 16.4. The Morgan fingerprint density at radius 3 is 2.79 bits per heavy atom. The Bertz CT molecular complexity index is 991. The number of aliphatic hydroxyl groups excluding tert-OH is 1. The molecular formula is C22H25N3O4. The number of carbonyl (C=O) groups is 2. The van der Waals surface area contributed by atoms with E-state index in [1.54, 1.807) is 12.0 Å². The van der Waals surface area contributed by atoms with E-state index in [1.807, 2.05) is 24.3 Å². The van der Waals surface area contributed by atoms with Gasteiger partial charge in [0.25, 0.3) is 5.91 Å². The van der Waals surface area contributed by atoms with Crippen LogP contribution in [0, 0.1) is 0 Å². The van der Waals surface area contributed by atoms with Crippen LogP contribution < -0.4 is 15.1 Å². The van der Waals surface area contributed by atoms with Crippen molar-refractivity contribution in [3.63, 3.8) is 0 Å². The normalized spacial score (nSPS) is 26.5. The first-order valence-electron chi connectivity index (χ1n) is 10.2. The number of piperidine rings is 1. The van der Waals surface area contributed by atoms with Crippen LogP contribution in [-0.2, 0) is 9.53 Å². The van der Waals surface area contributed by atoms with Crippen molar-refractivity contribution < 1.29 is 19.4 Å². The van der Waals surface area contributed by atoms with Crippen molar-refractivity contribution in [2.75, 3.05) is 30.1 Å². The summed E-state index contributed by atoms with van der Waals surface area (Å²) in [5, 5.41) is 14.2. The van der Waals surface area contributed by atoms with Crippen LogP contribution in [0.15, 0.2) is 30.3 Å². The number of hydrogen-bond acceptors (Lipinski definition) is 5. The van der Waals surface area contributed by atoms with Crippen LogP contribution in [0.3, 0.4) is 0 Å². The molecule has 2 aromatic carbocycles. The van der Waals surface area contributed by atoms with Gasteiger partial charge in [-0.1, -0.05) is 12.1 Å². The average Bonchev–Trinajstić information content (AvgIpc) is 3.27. The van der Waals surface area contributed by atoms with E-state index in [0.717, 1.165) is 41.5 Å². The number of amides is 2. The van der Waals surface area contributed by atoms with Crippen LogP contribution in [0.2, 0.25) is 0 Å². The molecule has 0 aromatic heterocycles. The number of methoxy groups -OCH3 is 1. The van der Waals surface area contributed by atoms with Gasteiger partial charge in [-0.05, 0) is 43.9 Å². The fourth-order valence-corrected chi connectivity index (χ4v) is 5.09. The molecule has 2 aromatic rings. The lowest BCUT2D eigenvalue weighted by Crippen LogP contribution is -2.55. The molecule has 0 saturated carbocycles. The minimum atomic E-state index is -0.839. The monoisotopic (exact) mass is 395 g/mol. The number of aliphatic hydroxyl groups is 1. The summed E-state index contributed by atoms with van der Waals surface area (Å²) in [5.74, 6) is -0.448. The second kappa shape index (κ2) is 7.00. The van der Waals surface area contributed by atoms with E-state index in [-0.39, 0.29) is 11.8 Å². The molecule has 3 aliphatic rings. The number of carbonyl (C=O) groups excluding carboxylic acids is 2. The molecule has 7 nitrogen and oxygen atoms in total. The van der Waals surface area contributed by atoms with E-state index < -0.39 is 12.3 Å². The van der Waals surface area contributed by atoms with E-state index >= 15 is 0 Å². The molecule has 2 unspecified atom stereocenters. The molecule has 7 heteroatoms. The van der Waals surface area contributed by atoms with Gasteiger partial charge in [-0.3, -0.25) is 14.5 Å². The Labute approximate surface area is 169 Å². The van der Waals surface area contributed by atoms with Crippen molar-refractivity contribution in [3.8, 4) is 0 Å². The molecule has 0 bridgehead atoms. The summed E-state index contributed by atoms with van der Waals surface area (Å²) in [6, 6.07) is 9.57. The maximum absolute atomic E-state index is 13.3. The molecule has 5 rings (SSSR count). The summed E-state index contributed by atoms with van der Waals surface area (Å²) < 4.78 is 5.41. The minimum Gasteiger partial charge on any atom is -0.383 e. The first kappa shape index (κ1) is 18.4.